The van der Waals surface area contributed by atoms with Gasteiger partial charge in [-0.3, -0.25) is 0 Å². The van der Waals surface area contributed by atoms with Crippen molar-refractivity contribution in [2.45, 2.75) is 39.2 Å². The molecular weight excluding hydrogens is 375 g/mol. The molecule has 2 N–H and O–H groups in total. The van der Waals surface area contributed by atoms with Crippen molar-refractivity contribution in [2.24, 2.45) is 0 Å². The van der Waals surface area contributed by atoms with Crippen molar-refractivity contribution in [2.75, 3.05) is 6.61 Å². The second kappa shape index (κ2) is 8.60. The van der Waals surface area contributed by atoms with Crippen molar-refractivity contribution >= 4 is 36.2 Å². The Bertz CT molecular complexity index is 753. The number of aromatic nitrogens is 2. The first-order chi connectivity index (χ1) is 11.0. The second-order valence-corrected chi connectivity index (χ2v) is 8.25. The number of aromatic amines is 1. The van der Waals surface area contributed by atoms with Crippen LogP contribution in [0.4, 0.5) is 0 Å². The third-order valence-corrected chi connectivity index (χ3v) is 6.23. The fourth-order valence-corrected chi connectivity index (χ4v) is 5.39. The monoisotopic (exact) mass is 398 g/mol. The van der Waals surface area contributed by atoms with Gasteiger partial charge in [-0.25, -0.2) is 0 Å². The van der Waals surface area contributed by atoms with E-state index in [9.17, 15) is 4.79 Å². The first kappa shape index (κ1) is 18.1. The van der Waals surface area contributed by atoms with Crippen molar-refractivity contribution in [1.82, 2.24) is 9.55 Å². The number of benzene rings is 1. The molecule has 0 aliphatic rings. The molecule has 0 bridgehead atoms. The van der Waals surface area contributed by atoms with E-state index < -0.39 is 0 Å². The molecule has 1 aromatic carbocycles. The van der Waals surface area contributed by atoms with E-state index in [0.717, 1.165) is 29.5 Å². The maximum atomic E-state index is 12.4. The van der Waals surface area contributed by atoms with Gasteiger partial charge in [-0.15, -0.1) is 0 Å². The summed E-state index contributed by atoms with van der Waals surface area (Å²) in [5, 5.41) is 9.02. The van der Waals surface area contributed by atoms with E-state index in [1.165, 1.54) is 4.46 Å². The average Bonchev–Trinajstić information content (AvgIpc) is 2.50. The van der Waals surface area contributed by atoms with Crippen molar-refractivity contribution in [1.29, 1.82) is 0 Å². The van der Waals surface area contributed by atoms with E-state index in [1.807, 2.05) is 32.0 Å². The Hall–Kier alpha value is -1.20. The van der Waals surface area contributed by atoms with Crippen LogP contribution >= 0.6 is 12.2 Å². The van der Waals surface area contributed by atoms with Crippen LogP contribution in [0, 0.1) is 4.77 Å². The molecule has 6 heteroatoms. The molecule has 124 valence electrons. The first-order valence-corrected chi connectivity index (χ1v) is 9.87. The molecule has 2 aromatic rings. The molecule has 4 nitrogen and oxygen atoms in total. The molecule has 0 aliphatic carbocycles. The predicted molar refractivity (Wildman–Crippen MR) is 97.8 cm³/mol. The van der Waals surface area contributed by atoms with Crippen molar-refractivity contribution in [3.05, 3.63) is 51.0 Å². The molecule has 0 amide bonds. The first-order valence-electron chi connectivity index (χ1n) is 7.75. The van der Waals surface area contributed by atoms with E-state index in [0.29, 0.717) is 4.77 Å². The van der Waals surface area contributed by atoms with E-state index in [1.54, 1.807) is 0 Å². The Balaban J connectivity index is 2.53. The van der Waals surface area contributed by atoms with Crippen LogP contribution in [0.1, 0.15) is 38.2 Å². The van der Waals surface area contributed by atoms with Gasteiger partial charge in [0.25, 0.3) is 0 Å². The van der Waals surface area contributed by atoms with Gasteiger partial charge in [0.1, 0.15) is 0 Å². The van der Waals surface area contributed by atoms with Gasteiger partial charge < -0.3 is 0 Å². The van der Waals surface area contributed by atoms with Gasteiger partial charge in [-0.1, -0.05) is 0 Å². The maximum absolute atomic E-state index is 12.4. The van der Waals surface area contributed by atoms with Crippen LogP contribution in [0.25, 0.3) is 0 Å². The molecule has 0 radical (unpaired) electrons. The summed E-state index contributed by atoms with van der Waals surface area (Å²) in [5.74, 6) is 0.138. The number of nitrogens with one attached hydrogen (secondary N) is 1. The van der Waals surface area contributed by atoms with Crippen molar-refractivity contribution in [3.8, 4) is 0 Å². The summed E-state index contributed by atoms with van der Waals surface area (Å²) in [6.45, 7) is 4.97. The fraction of sp³-hybridized carbons (Fsp3) is 0.412. The van der Waals surface area contributed by atoms with Gasteiger partial charge in [0.15, 0.2) is 0 Å². The average molecular weight is 397 g/mol. The van der Waals surface area contributed by atoms with Crippen LogP contribution in [-0.4, -0.2) is 36.2 Å². The summed E-state index contributed by atoms with van der Waals surface area (Å²) >= 11 is 5.41. The molecule has 0 saturated heterocycles. The molecule has 0 unspecified atom stereocenters. The second-order valence-electron chi connectivity index (χ2n) is 5.63. The van der Waals surface area contributed by atoms with Crippen molar-refractivity contribution in [3.63, 3.8) is 0 Å². The number of hydrogen-bond acceptors (Lipinski definition) is 3. The molecule has 0 aliphatic heterocycles. The zero-order chi connectivity index (χ0) is 16.8. The Morgan fingerprint density at radius 3 is 2.57 bits per heavy atom. The summed E-state index contributed by atoms with van der Waals surface area (Å²) in [6, 6.07) is 10.2. The fourth-order valence-electron chi connectivity index (χ4n) is 2.37. The number of aliphatic hydroxyl groups is 1. The predicted octanol–water partition coefficient (Wildman–Crippen LogP) is 1.46. The van der Waals surface area contributed by atoms with Gasteiger partial charge in [0, 0.05) is 0 Å². The molecule has 0 atom stereocenters. The molecule has 0 spiro atoms. The number of hydrogen-bond donors (Lipinski definition) is 2. The van der Waals surface area contributed by atoms with Crippen LogP contribution in [0.3, 0.4) is 0 Å². The van der Waals surface area contributed by atoms with Gasteiger partial charge in [-0.2, -0.15) is 0 Å². The number of unbranched alkanes of at least 4 members (excludes halogenated alkanes) is 1. The molecule has 0 fully saturated rings. The number of aliphatic hydroxyl groups excluding tert-OH is 1. The standard InChI is InChI=1S/C17H22N2O2SSe/c1-12(2)14-15(21)18-17(22)19(10-6-7-11-20)16(14)23-13-8-4-3-5-9-13/h3-5,8-9,12,20H,6-7,10-11H2,1-2H3,(H,18,21,22). The zero-order valence-corrected chi connectivity index (χ0v) is 15.9. The molecule has 2 rings (SSSR count). The Kier molecular flexibility index (Phi) is 6.78. The van der Waals surface area contributed by atoms with Gasteiger partial charge in [0.2, 0.25) is 0 Å². The molecular formula is C17H22N2O2SSe. The van der Waals surface area contributed by atoms with Crippen LogP contribution in [0.2, 0.25) is 0 Å². The Morgan fingerprint density at radius 1 is 1.26 bits per heavy atom. The third-order valence-electron chi connectivity index (χ3n) is 3.51. The quantitative estimate of drug-likeness (QED) is 0.423. The molecule has 1 aromatic heterocycles. The Labute approximate surface area is 147 Å². The molecule has 0 saturated carbocycles. The summed E-state index contributed by atoms with van der Waals surface area (Å²) in [7, 11) is 0. The summed E-state index contributed by atoms with van der Waals surface area (Å²) < 4.78 is 4.79. The van der Waals surface area contributed by atoms with Crippen LogP contribution in [0.5, 0.6) is 0 Å². The number of nitrogens with zero attached hydrogens (tertiary/aromatic N) is 1. The van der Waals surface area contributed by atoms with Crippen molar-refractivity contribution < 1.29 is 5.11 Å². The van der Waals surface area contributed by atoms with Gasteiger partial charge in [0.05, 0.1) is 0 Å². The normalized spacial score (nSPS) is 11.1. The summed E-state index contributed by atoms with van der Waals surface area (Å²) in [6.07, 6.45) is 1.57. The molecule has 1 heterocycles. The zero-order valence-electron chi connectivity index (χ0n) is 13.4. The summed E-state index contributed by atoms with van der Waals surface area (Å²) in [5.41, 5.74) is 0.752. The van der Waals surface area contributed by atoms with E-state index in [2.05, 4.69) is 21.7 Å². The Morgan fingerprint density at radius 2 is 1.96 bits per heavy atom. The van der Waals surface area contributed by atoms with Gasteiger partial charge in [-0.05, 0) is 0 Å². The van der Waals surface area contributed by atoms with E-state index in [-0.39, 0.29) is 33.0 Å². The van der Waals surface area contributed by atoms with Crippen LogP contribution in [-0.2, 0) is 6.54 Å². The topological polar surface area (TPSA) is 58.0 Å². The SMILES string of the molecule is CC(C)c1c([Se]c2ccccc2)n(CCCCO)c(=S)[nH]c1=O. The minimum absolute atomic E-state index is 0.0158. The van der Waals surface area contributed by atoms with Gasteiger partial charge >= 0.3 is 148 Å². The number of H-pyrrole nitrogens is 1. The minimum atomic E-state index is -0.0729. The number of rotatable bonds is 7. The van der Waals surface area contributed by atoms with Crippen LogP contribution in [0.15, 0.2) is 35.1 Å². The van der Waals surface area contributed by atoms with E-state index >= 15 is 0 Å². The van der Waals surface area contributed by atoms with E-state index in [4.69, 9.17) is 17.3 Å². The summed E-state index contributed by atoms with van der Waals surface area (Å²) in [4.78, 5) is 15.2. The molecule has 23 heavy (non-hydrogen) atoms. The third kappa shape index (κ3) is 4.64. The van der Waals surface area contributed by atoms with Crippen LogP contribution < -0.4 is 14.6 Å².